The zero-order valence-corrected chi connectivity index (χ0v) is 10.8. The standard InChI is InChI=1S/C14H19F3N2/c15-14(16,17)11-19-7-6-13(10-19)9-18-8-12-4-2-1-3-5-12/h1-5,13,18H,6-11H2. The lowest BCUT2D eigenvalue weighted by molar-refractivity contribution is -0.143. The van der Waals surface area contributed by atoms with Crippen LogP contribution in [0.15, 0.2) is 30.3 Å². The van der Waals surface area contributed by atoms with E-state index >= 15 is 0 Å². The maximum Gasteiger partial charge on any atom is 0.401 e. The monoisotopic (exact) mass is 272 g/mol. The normalized spacial score (nSPS) is 20.9. The van der Waals surface area contributed by atoms with Gasteiger partial charge in [0.1, 0.15) is 0 Å². The molecule has 1 aromatic carbocycles. The van der Waals surface area contributed by atoms with Gasteiger partial charge in [-0.05, 0) is 31.0 Å². The summed E-state index contributed by atoms with van der Waals surface area (Å²) in [6.45, 7) is 1.88. The fourth-order valence-electron chi connectivity index (χ4n) is 2.49. The average Bonchev–Trinajstić information content (AvgIpc) is 2.76. The van der Waals surface area contributed by atoms with Crippen molar-refractivity contribution in [2.45, 2.75) is 19.1 Å². The van der Waals surface area contributed by atoms with Crippen molar-refractivity contribution in [3.05, 3.63) is 35.9 Å². The lowest BCUT2D eigenvalue weighted by Crippen LogP contribution is -2.33. The minimum Gasteiger partial charge on any atom is -0.312 e. The highest BCUT2D eigenvalue weighted by atomic mass is 19.4. The molecule has 1 fully saturated rings. The van der Waals surface area contributed by atoms with Crippen LogP contribution in [0.25, 0.3) is 0 Å². The van der Waals surface area contributed by atoms with Crippen LogP contribution in [0.5, 0.6) is 0 Å². The highest BCUT2D eigenvalue weighted by Crippen LogP contribution is 2.22. The molecule has 1 saturated heterocycles. The molecule has 0 spiro atoms. The topological polar surface area (TPSA) is 15.3 Å². The molecule has 1 aliphatic heterocycles. The van der Waals surface area contributed by atoms with Gasteiger partial charge in [0.25, 0.3) is 0 Å². The van der Waals surface area contributed by atoms with Gasteiger partial charge in [-0.3, -0.25) is 4.90 Å². The third-order valence-electron chi connectivity index (χ3n) is 3.38. The van der Waals surface area contributed by atoms with Crippen molar-refractivity contribution in [2.24, 2.45) is 5.92 Å². The van der Waals surface area contributed by atoms with E-state index in [2.05, 4.69) is 5.32 Å². The molecule has 1 atom stereocenters. The van der Waals surface area contributed by atoms with Gasteiger partial charge in [0, 0.05) is 13.1 Å². The molecule has 1 unspecified atom stereocenters. The predicted octanol–water partition coefficient (Wildman–Crippen LogP) is 2.66. The van der Waals surface area contributed by atoms with Crippen LogP contribution in [0.4, 0.5) is 13.2 Å². The summed E-state index contributed by atoms with van der Waals surface area (Å²) < 4.78 is 36.8. The smallest absolute Gasteiger partial charge is 0.312 e. The van der Waals surface area contributed by atoms with Gasteiger partial charge < -0.3 is 5.32 Å². The zero-order valence-electron chi connectivity index (χ0n) is 10.8. The predicted molar refractivity (Wildman–Crippen MR) is 68.8 cm³/mol. The van der Waals surface area contributed by atoms with E-state index in [1.54, 1.807) is 0 Å². The van der Waals surface area contributed by atoms with E-state index in [0.29, 0.717) is 19.0 Å². The van der Waals surface area contributed by atoms with E-state index < -0.39 is 12.7 Å². The maximum atomic E-state index is 12.3. The molecule has 19 heavy (non-hydrogen) atoms. The molecule has 1 N–H and O–H groups in total. The van der Waals surface area contributed by atoms with Crippen molar-refractivity contribution in [3.63, 3.8) is 0 Å². The molecular weight excluding hydrogens is 253 g/mol. The molecule has 2 nitrogen and oxygen atoms in total. The highest BCUT2D eigenvalue weighted by molar-refractivity contribution is 5.14. The van der Waals surface area contributed by atoms with Crippen LogP contribution in [-0.2, 0) is 6.54 Å². The number of benzene rings is 1. The Morgan fingerprint density at radius 3 is 2.63 bits per heavy atom. The van der Waals surface area contributed by atoms with Gasteiger partial charge in [-0.1, -0.05) is 30.3 Å². The summed E-state index contributed by atoms with van der Waals surface area (Å²) in [5, 5.41) is 3.32. The Morgan fingerprint density at radius 2 is 1.95 bits per heavy atom. The maximum absolute atomic E-state index is 12.3. The third-order valence-corrected chi connectivity index (χ3v) is 3.38. The molecule has 0 aliphatic carbocycles. The SMILES string of the molecule is FC(F)(F)CN1CCC(CNCc2ccccc2)C1. The molecule has 0 saturated carbocycles. The van der Waals surface area contributed by atoms with Crippen LogP contribution in [-0.4, -0.2) is 37.3 Å². The molecular formula is C14H19F3N2. The summed E-state index contributed by atoms with van der Waals surface area (Å²) in [6, 6.07) is 10.0. The molecule has 0 radical (unpaired) electrons. The Labute approximate surface area is 111 Å². The second kappa shape index (κ2) is 6.39. The number of likely N-dealkylation sites (tertiary alicyclic amines) is 1. The Balaban J connectivity index is 1.66. The molecule has 1 aromatic rings. The fraction of sp³-hybridized carbons (Fsp3) is 0.571. The first-order chi connectivity index (χ1) is 9.03. The van der Waals surface area contributed by atoms with Crippen LogP contribution < -0.4 is 5.32 Å². The molecule has 2 rings (SSSR count). The second-order valence-corrected chi connectivity index (χ2v) is 5.12. The summed E-state index contributed by atoms with van der Waals surface area (Å²) in [7, 11) is 0. The average molecular weight is 272 g/mol. The summed E-state index contributed by atoms with van der Waals surface area (Å²) in [5.41, 5.74) is 1.20. The number of nitrogens with one attached hydrogen (secondary N) is 1. The number of alkyl halides is 3. The summed E-state index contributed by atoms with van der Waals surface area (Å²) in [5.74, 6) is 0.325. The van der Waals surface area contributed by atoms with E-state index in [1.807, 2.05) is 30.3 Å². The number of rotatable bonds is 5. The van der Waals surface area contributed by atoms with Crippen molar-refractivity contribution in [1.29, 1.82) is 0 Å². The van der Waals surface area contributed by atoms with Crippen molar-refractivity contribution >= 4 is 0 Å². The summed E-state index contributed by atoms with van der Waals surface area (Å²) in [6.07, 6.45) is -3.23. The Kier molecular flexibility index (Phi) is 4.82. The second-order valence-electron chi connectivity index (χ2n) is 5.12. The van der Waals surface area contributed by atoms with Gasteiger partial charge in [0.15, 0.2) is 0 Å². The third kappa shape index (κ3) is 5.20. The van der Waals surface area contributed by atoms with Gasteiger partial charge in [-0.15, -0.1) is 0 Å². The van der Waals surface area contributed by atoms with Crippen LogP contribution in [0.3, 0.4) is 0 Å². The van der Waals surface area contributed by atoms with Gasteiger partial charge in [0.05, 0.1) is 6.54 Å². The minimum absolute atomic E-state index is 0.325. The molecule has 0 amide bonds. The van der Waals surface area contributed by atoms with Crippen molar-refractivity contribution in [2.75, 3.05) is 26.2 Å². The first kappa shape index (κ1) is 14.3. The Bertz CT molecular complexity index is 378. The van der Waals surface area contributed by atoms with Crippen molar-refractivity contribution < 1.29 is 13.2 Å². The summed E-state index contributed by atoms with van der Waals surface area (Å²) >= 11 is 0. The van der Waals surface area contributed by atoms with Crippen molar-refractivity contribution in [1.82, 2.24) is 10.2 Å². The van der Waals surface area contributed by atoms with Crippen LogP contribution in [0, 0.1) is 5.92 Å². The fourth-order valence-corrected chi connectivity index (χ4v) is 2.49. The van der Waals surface area contributed by atoms with Gasteiger partial charge in [-0.2, -0.15) is 13.2 Å². The first-order valence-corrected chi connectivity index (χ1v) is 6.57. The molecule has 0 bridgehead atoms. The van der Waals surface area contributed by atoms with E-state index in [9.17, 15) is 13.2 Å². The lowest BCUT2D eigenvalue weighted by Gasteiger charge is -2.18. The number of nitrogens with zero attached hydrogens (tertiary/aromatic N) is 1. The Hall–Kier alpha value is -1.07. The molecule has 5 heteroatoms. The largest absolute Gasteiger partial charge is 0.401 e. The number of halogens is 3. The van der Waals surface area contributed by atoms with Gasteiger partial charge in [0.2, 0.25) is 0 Å². The quantitative estimate of drug-likeness (QED) is 0.886. The van der Waals surface area contributed by atoms with Gasteiger partial charge >= 0.3 is 6.18 Å². The molecule has 1 aliphatic rings. The van der Waals surface area contributed by atoms with Crippen LogP contribution >= 0.6 is 0 Å². The number of hydrogen-bond acceptors (Lipinski definition) is 2. The molecule has 0 aromatic heterocycles. The van der Waals surface area contributed by atoms with E-state index in [0.717, 1.165) is 19.5 Å². The van der Waals surface area contributed by atoms with Crippen molar-refractivity contribution in [3.8, 4) is 0 Å². The van der Waals surface area contributed by atoms with Crippen LogP contribution in [0.1, 0.15) is 12.0 Å². The van der Waals surface area contributed by atoms with Gasteiger partial charge in [-0.25, -0.2) is 0 Å². The highest BCUT2D eigenvalue weighted by Gasteiger charge is 2.34. The molecule has 106 valence electrons. The Morgan fingerprint density at radius 1 is 1.21 bits per heavy atom. The van der Waals surface area contributed by atoms with E-state index in [4.69, 9.17) is 0 Å². The zero-order chi connectivity index (χ0) is 13.7. The lowest BCUT2D eigenvalue weighted by atomic mass is 10.1. The van der Waals surface area contributed by atoms with E-state index in [-0.39, 0.29) is 0 Å². The molecule has 1 heterocycles. The minimum atomic E-state index is -4.08. The first-order valence-electron chi connectivity index (χ1n) is 6.57. The number of hydrogen-bond donors (Lipinski definition) is 1. The summed E-state index contributed by atoms with van der Waals surface area (Å²) in [4.78, 5) is 1.49. The van der Waals surface area contributed by atoms with Crippen LogP contribution in [0.2, 0.25) is 0 Å². The van der Waals surface area contributed by atoms with E-state index in [1.165, 1.54) is 10.5 Å².